The first-order valence-electron chi connectivity index (χ1n) is 23.4. The summed E-state index contributed by atoms with van der Waals surface area (Å²) in [5.41, 5.74) is 1.76. The van der Waals surface area contributed by atoms with E-state index in [1.54, 1.807) is 24.3 Å². The molecule has 15 nitrogen and oxygen atoms in total. The van der Waals surface area contributed by atoms with Crippen molar-refractivity contribution in [1.29, 1.82) is 0 Å². The van der Waals surface area contributed by atoms with Crippen molar-refractivity contribution in [2.75, 3.05) is 32.8 Å². The van der Waals surface area contributed by atoms with Crippen molar-refractivity contribution in [2.24, 2.45) is 11.8 Å². The number of nitrogens with one attached hydrogen (secondary N) is 1. The largest absolute Gasteiger partial charge is 0.619 e. The number of alkyl halides is 2. The minimum atomic E-state index is -4.46. The molecule has 4 atom stereocenters. The predicted octanol–water partition coefficient (Wildman–Crippen LogP) is 8.83. The molecule has 374 valence electrons. The Bertz CT molecular complexity index is 2850. The average Bonchev–Trinajstić information content (AvgIpc) is 4.05. The van der Waals surface area contributed by atoms with Crippen LogP contribution in [0.2, 0.25) is 10.0 Å². The molecular weight excluding hydrogens is 986 g/mol. The molecule has 4 aromatic carbocycles. The maximum Gasteiger partial charge on any atom is 0.408 e. The Hall–Kier alpha value is -6.05. The van der Waals surface area contributed by atoms with E-state index in [0.717, 1.165) is 67.1 Å². The van der Waals surface area contributed by atoms with Gasteiger partial charge in [-0.1, -0.05) is 77.8 Å². The number of piperidine rings is 3. The lowest BCUT2D eigenvalue weighted by Crippen LogP contribution is -2.52. The molecule has 1 aliphatic carbocycles. The molecule has 0 radical (unpaired) electrons. The zero-order chi connectivity index (χ0) is 49.8. The molecule has 20 heteroatoms. The van der Waals surface area contributed by atoms with Crippen molar-refractivity contribution in [2.45, 2.75) is 80.7 Å². The number of pyridine rings is 1. The Balaban J connectivity index is 0.917. The van der Waals surface area contributed by atoms with E-state index in [1.165, 1.54) is 36.4 Å². The highest BCUT2D eigenvalue weighted by Crippen LogP contribution is 2.39. The molecule has 5 aliphatic rings. The van der Waals surface area contributed by atoms with Crippen LogP contribution in [0.15, 0.2) is 114 Å². The van der Waals surface area contributed by atoms with Gasteiger partial charge in [-0.15, -0.1) is 0 Å². The lowest BCUT2D eigenvalue weighted by molar-refractivity contribution is -0.605. The van der Waals surface area contributed by atoms with Crippen LogP contribution in [0.3, 0.4) is 0 Å². The number of sulfonamides is 1. The van der Waals surface area contributed by atoms with Gasteiger partial charge in [0.1, 0.15) is 34.0 Å². The van der Waals surface area contributed by atoms with Crippen molar-refractivity contribution in [1.82, 2.24) is 14.5 Å². The van der Waals surface area contributed by atoms with Crippen molar-refractivity contribution in [3.05, 3.63) is 153 Å². The van der Waals surface area contributed by atoms with Crippen LogP contribution in [0.4, 0.5) is 13.6 Å². The van der Waals surface area contributed by atoms with Crippen molar-refractivity contribution >= 4 is 51.3 Å². The van der Waals surface area contributed by atoms with Gasteiger partial charge in [0, 0.05) is 25.1 Å². The van der Waals surface area contributed by atoms with Crippen LogP contribution in [-0.4, -0.2) is 87.2 Å². The topological polar surface area (TPSA) is 177 Å². The molecule has 10 rings (SSSR count). The number of rotatable bonds is 18. The average molecular weight is 1040 g/mol. The summed E-state index contributed by atoms with van der Waals surface area (Å²) < 4.78 is 85.5. The second-order valence-corrected chi connectivity index (χ2v) is 20.8. The van der Waals surface area contributed by atoms with Gasteiger partial charge in [-0.25, -0.2) is 18.0 Å². The Labute approximate surface area is 419 Å². The SMILES string of the molecule is O=C(N[C@@H](c1ccccc1)c1cccc(OC(=O)c2cccc(S(=O)(=O)N3CCC[C@H]3C(=O)O[C@@H](Cc3c(Cl)c[n+]([O-])cc3Cl)c3ccc(OC(F)F)c(OCC4CC4)c3)c2)c1)O[C@H]1CN2CCC1CC2. The van der Waals surface area contributed by atoms with Gasteiger partial charge < -0.3 is 34.2 Å². The number of fused-ring (bicyclic) bond motifs is 3. The van der Waals surface area contributed by atoms with E-state index in [9.17, 15) is 36.8 Å². The van der Waals surface area contributed by atoms with Gasteiger partial charge in [-0.2, -0.15) is 17.8 Å². The van der Waals surface area contributed by atoms with Crippen LogP contribution >= 0.6 is 23.2 Å². The van der Waals surface area contributed by atoms with Crippen LogP contribution in [0.25, 0.3) is 0 Å². The van der Waals surface area contributed by atoms with Crippen molar-refractivity contribution < 1.29 is 60.0 Å². The van der Waals surface area contributed by atoms with Crippen LogP contribution in [0.5, 0.6) is 17.2 Å². The third-order valence-electron chi connectivity index (χ3n) is 13.2. The molecule has 5 fully saturated rings. The van der Waals surface area contributed by atoms with E-state index < -0.39 is 52.9 Å². The highest BCUT2D eigenvalue weighted by molar-refractivity contribution is 7.89. The molecule has 1 amide bonds. The molecule has 1 saturated carbocycles. The minimum absolute atomic E-state index is 0.0281. The molecule has 71 heavy (non-hydrogen) atoms. The summed E-state index contributed by atoms with van der Waals surface area (Å²) in [6.07, 6.45) is 4.06. The fourth-order valence-electron chi connectivity index (χ4n) is 9.32. The van der Waals surface area contributed by atoms with E-state index in [2.05, 4.69) is 10.2 Å². The van der Waals surface area contributed by atoms with E-state index in [1.807, 2.05) is 30.3 Å². The molecule has 5 aromatic rings. The molecular formula is C51H50Cl2F2N4O11S. The summed E-state index contributed by atoms with van der Waals surface area (Å²) in [6.45, 7) is -0.282. The maximum atomic E-state index is 14.4. The first kappa shape index (κ1) is 49.9. The van der Waals surface area contributed by atoms with Gasteiger partial charge in [-0.05, 0) is 123 Å². The summed E-state index contributed by atoms with van der Waals surface area (Å²) in [7, 11) is -4.46. The first-order chi connectivity index (χ1) is 34.2. The maximum absolute atomic E-state index is 14.4. The highest BCUT2D eigenvalue weighted by atomic mass is 35.5. The Morgan fingerprint density at radius 3 is 2.25 bits per heavy atom. The molecule has 1 aromatic heterocycles. The van der Waals surface area contributed by atoms with Crippen LogP contribution in [-0.2, 0) is 30.7 Å². The fourth-order valence-corrected chi connectivity index (χ4v) is 11.6. The number of aromatic nitrogens is 1. The molecule has 1 N–H and O–H groups in total. The fraction of sp³-hybridized carbons (Fsp3) is 0.373. The molecule has 4 aliphatic heterocycles. The number of esters is 2. The number of ether oxygens (including phenoxy) is 5. The minimum Gasteiger partial charge on any atom is -0.619 e. The number of nitrogens with zero attached hydrogens (tertiary/aromatic N) is 3. The summed E-state index contributed by atoms with van der Waals surface area (Å²) in [4.78, 5) is 43.4. The summed E-state index contributed by atoms with van der Waals surface area (Å²) in [5, 5.41) is 15.0. The lowest BCUT2D eigenvalue weighted by atomic mass is 9.86. The Morgan fingerprint density at radius 2 is 1.55 bits per heavy atom. The third kappa shape index (κ3) is 12.0. The van der Waals surface area contributed by atoms with Gasteiger partial charge in [0.25, 0.3) is 0 Å². The van der Waals surface area contributed by atoms with E-state index >= 15 is 0 Å². The first-order valence-corrected chi connectivity index (χ1v) is 25.6. The van der Waals surface area contributed by atoms with Gasteiger partial charge in [0.05, 0.1) is 23.1 Å². The number of amides is 1. The zero-order valence-electron chi connectivity index (χ0n) is 38.2. The number of alkyl carbamates (subject to hydrolysis) is 1. The molecule has 0 unspecified atom stereocenters. The number of benzene rings is 4. The summed E-state index contributed by atoms with van der Waals surface area (Å²) in [6, 6.07) is 23.3. The van der Waals surface area contributed by atoms with Gasteiger partial charge in [0.2, 0.25) is 10.0 Å². The molecule has 0 spiro atoms. The molecule has 5 heterocycles. The van der Waals surface area contributed by atoms with Gasteiger partial charge >= 0.3 is 24.6 Å². The quantitative estimate of drug-likeness (QED) is 0.0383. The molecule has 4 saturated heterocycles. The van der Waals surface area contributed by atoms with Gasteiger partial charge in [-0.3, -0.25) is 9.69 Å². The second kappa shape index (κ2) is 21.7. The molecule has 2 bridgehead atoms. The monoisotopic (exact) mass is 1030 g/mol. The van der Waals surface area contributed by atoms with E-state index in [-0.39, 0.29) is 93.3 Å². The standard InChI is InChI=1S/C51H50Cl2F2N4O11S/c52-40-27-58(63)28-41(53)39(40)26-44(34-16-17-43(69-50(54)55)45(25-34)66-30-31-14-15-31)68-49(61)42-13-6-20-59(42)71(64,65)38-12-5-10-36(24-38)48(60)67-37-11-4-9-35(23-37)47(33-7-2-1-3-8-33)56-51(62)70-46-29-57-21-18-32(46)19-22-57/h1-5,7-12,16-17,23-25,27-28,31-32,42,44,46-47,50H,6,13-15,18-22,26,29-30H2,(H,56,62)/t42-,44-,46-,47-/m0/s1. The van der Waals surface area contributed by atoms with Crippen LogP contribution in [0, 0.1) is 17.0 Å². The highest BCUT2D eigenvalue weighted by Gasteiger charge is 2.42. The van der Waals surface area contributed by atoms with Crippen LogP contribution < -0.4 is 24.3 Å². The second-order valence-electron chi connectivity index (χ2n) is 18.1. The van der Waals surface area contributed by atoms with Crippen LogP contribution in [0.1, 0.15) is 83.3 Å². The predicted molar refractivity (Wildman–Crippen MR) is 255 cm³/mol. The van der Waals surface area contributed by atoms with Gasteiger partial charge in [0.15, 0.2) is 23.9 Å². The smallest absolute Gasteiger partial charge is 0.408 e. The summed E-state index contributed by atoms with van der Waals surface area (Å²) >= 11 is 12.9. The normalized spacial score (nSPS) is 20.7. The summed E-state index contributed by atoms with van der Waals surface area (Å²) in [5.74, 6) is -1.38. The third-order valence-corrected chi connectivity index (χ3v) is 15.8. The van der Waals surface area contributed by atoms with Crippen molar-refractivity contribution in [3.63, 3.8) is 0 Å². The van der Waals surface area contributed by atoms with Crippen molar-refractivity contribution in [3.8, 4) is 17.2 Å². The number of halogens is 4. The van der Waals surface area contributed by atoms with E-state index in [4.69, 9.17) is 46.9 Å². The number of hydrogen-bond acceptors (Lipinski definition) is 12. The van der Waals surface area contributed by atoms with E-state index in [0.29, 0.717) is 22.8 Å². The Morgan fingerprint density at radius 1 is 0.817 bits per heavy atom. The number of hydrogen-bond donors (Lipinski definition) is 1. The number of carbonyl (C=O) groups is 3. The zero-order valence-corrected chi connectivity index (χ0v) is 40.5. The lowest BCUT2D eigenvalue weighted by Gasteiger charge is -2.43. The Kier molecular flexibility index (Phi) is 15.3. The number of carbonyl (C=O) groups excluding carboxylic acids is 3.